The second-order valence-electron chi connectivity index (χ2n) is 6.90. The van der Waals surface area contributed by atoms with Crippen molar-refractivity contribution in [3.8, 4) is 0 Å². The molecule has 4 rings (SSSR count). The molecule has 0 radical (unpaired) electrons. The van der Waals surface area contributed by atoms with E-state index >= 15 is 0 Å². The summed E-state index contributed by atoms with van der Waals surface area (Å²) in [4.78, 5) is 31.3. The van der Waals surface area contributed by atoms with Crippen LogP contribution in [-0.2, 0) is 13.6 Å². The zero-order chi connectivity index (χ0) is 20.2. The molecular formula is C19H21ClN6O2. The normalized spacial score (nSPS) is 11.6. The molecule has 0 bridgehead atoms. The minimum Gasteiger partial charge on any atom is -0.383 e. The van der Waals surface area contributed by atoms with E-state index in [1.54, 1.807) is 7.05 Å². The number of nitrogens with zero attached hydrogens (tertiary/aromatic N) is 4. The Labute approximate surface area is 165 Å². The van der Waals surface area contributed by atoms with E-state index < -0.39 is 11.2 Å². The third-order valence-electron chi connectivity index (χ3n) is 5.32. The standard InChI is InChI=1S/C19H21ClN6O2/c1-10-13(20)6-5-7-14(10)21-8-9-25-11(2)12(3)26-15-16(22-18(25)26)24(4)19(28)23-17(15)27/h5-7,21H,8-9H2,1-4H3,(H,23,27,28). The molecule has 0 fully saturated rings. The molecule has 3 heterocycles. The molecule has 8 nitrogen and oxygen atoms in total. The molecule has 1 aromatic carbocycles. The fraction of sp³-hybridized carbons (Fsp3) is 0.316. The Bertz CT molecular complexity index is 1340. The van der Waals surface area contributed by atoms with Gasteiger partial charge in [0.15, 0.2) is 11.2 Å². The van der Waals surface area contributed by atoms with E-state index in [0.29, 0.717) is 30.0 Å². The van der Waals surface area contributed by atoms with Gasteiger partial charge in [-0.1, -0.05) is 17.7 Å². The third-order valence-corrected chi connectivity index (χ3v) is 5.73. The number of hydrogen-bond acceptors (Lipinski definition) is 4. The van der Waals surface area contributed by atoms with Gasteiger partial charge in [-0.05, 0) is 38.5 Å². The fourth-order valence-corrected chi connectivity index (χ4v) is 3.72. The molecule has 0 amide bonds. The number of rotatable bonds is 4. The van der Waals surface area contributed by atoms with Crippen LogP contribution in [0.1, 0.15) is 17.0 Å². The first kappa shape index (κ1) is 18.4. The molecule has 3 aromatic heterocycles. The molecule has 4 aromatic rings. The van der Waals surface area contributed by atoms with Gasteiger partial charge in [0.2, 0.25) is 5.78 Å². The number of hydrogen-bond donors (Lipinski definition) is 2. The summed E-state index contributed by atoms with van der Waals surface area (Å²) in [6.45, 7) is 7.21. The van der Waals surface area contributed by atoms with Gasteiger partial charge in [-0.2, -0.15) is 4.98 Å². The van der Waals surface area contributed by atoms with Crippen molar-refractivity contribution in [3.63, 3.8) is 0 Å². The van der Waals surface area contributed by atoms with E-state index in [4.69, 9.17) is 11.6 Å². The number of benzene rings is 1. The minimum absolute atomic E-state index is 0.374. The Morgan fingerprint density at radius 1 is 1.18 bits per heavy atom. The maximum atomic E-state index is 12.4. The van der Waals surface area contributed by atoms with Crippen molar-refractivity contribution in [1.82, 2.24) is 23.5 Å². The largest absolute Gasteiger partial charge is 0.383 e. The van der Waals surface area contributed by atoms with Crippen LogP contribution in [0.5, 0.6) is 0 Å². The summed E-state index contributed by atoms with van der Waals surface area (Å²) in [5.41, 5.74) is 3.77. The first-order valence-electron chi connectivity index (χ1n) is 8.97. The zero-order valence-electron chi connectivity index (χ0n) is 16.1. The predicted molar refractivity (Wildman–Crippen MR) is 111 cm³/mol. The molecule has 2 N–H and O–H groups in total. The number of halogens is 1. The zero-order valence-corrected chi connectivity index (χ0v) is 16.9. The Morgan fingerprint density at radius 2 is 1.93 bits per heavy atom. The molecule has 0 aliphatic carbocycles. The molecular weight excluding hydrogens is 380 g/mol. The van der Waals surface area contributed by atoms with E-state index in [1.165, 1.54) is 4.57 Å². The van der Waals surface area contributed by atoms with Gasteiger partial charge in [0, 0.05) is 42.2 Å². The Kier molecular flexibility index (Phi) is 4.30. The van der Waals surface area contributed by atoms with Gasteiger partial charge in [0.25, 0.3) is 5.56 Å². The Balaban J connectivity index is 1.76. The summed E-state index contributed by atoms with van der Waals surface area (Å²) in [6, 6.07) is 5.77. The van der Waals surface area contributed by atoms with Crippen molar-refractivity contribution in [1.29, 1.82) is 0 Å². The summed E-state index contributed by atoms with van der Waals surface area (Å²) in [7, 11) is 1.60. The quantitative estimate of drug-likeness (QED) is 0.550. The molecule has 0 atom stereocenters. The van der Waals surface area contributed by atoms with Crippen LogP contribution in [0.25, 0.3) is 16.9 Å². The smallest absolute Gasteiger partial charge is 0.329 e. The number of anilines is 1. The lowest BCUT2D eigenvalue weighted by molar-refractivity contribution is 0.722. The number of fused-ring (bicyclic) bond motifs is 3. The van der Waals surface area contributed by atoms with E-state index in [1.807, 2.05) is 47.9 Å². The average Bonchev–Trinajstić information content (AvgIpc) is 3.15. The van der Waals surface area contributed by atoms with Crippen LogP contribution >= 0.6 is 11.6 Å². The van der Waals surface area contributed by atoms with Crippen molar-refractivity contribution in [2.45, 2.75) is 27.3 Å². The van der Waals surface area contributed by atoms with Crippen LogP contribution in [0.3, 0.4) is 0 Å². The van der Waals surface area contributed by atoms with Crippen molar-refractivity contribution in [3.05, 3.63) is 61.0 Å². The summed E-state index contributed by atoms with van der Waals surface area (Å²) in [5.74, 6) is 0.640. The Hall–Kier alpha value is -3.00. The number of nitrogens with one attached hydrogen (secondary N) is 2. The lowest BCUT2D eigenvalue weighted by atomic mass is 10.2. The highest BCUT2D eigenvalue weighted by Gasteiger charge is 2.20. The van der Waals surface area contributed by atoms with Crippen LogP contribution in [0, 0.1) is 20.8 Å². The highest BCUT2D eigenvalue weighted by Crippen LogP contribution is 2.23. The van der Waals surface area contributed by atoms with Gasteiger partial charge in [0.05, 0.1) is 0 Å². The molecule has 0 aliphatic heterocycles. The van der Waals surface area contributed by atoms with Gasteiger partial charge < -0.3 is 9.88 Å². The third kappa shape index (κ3) is 2.63. The first-order valence-corrected chi connectivity index (χ1v) is 9.35. The lowest BCUT2D eigenvalue weighted by Crippen LogP contribution is -2.28. The second kappa shape index (κ2) is 6.56. The van der Waals surface area contributed by atoms with Gasteiger partial charge in [-0.3, -0.25) is 18.7 Å². The monoisotopic (exact) mass is 400 g/mol. The number of imidazole rings is 2. The maximum absolute atomic E-state index is 12.4. The fourth-order valence-electron chi connectivity index (χ4n) is 3.55. The number of H-pyrrole nitrogens is 1. The molecule has 9 heteroatoms. The van der Waals surface area contributed by atoms with Gasteiger partial charge >= 0.3 is 5.69 Å². The maximum Gasteiger partial charge on any atom is 0.329 e. The topological polar surface area (TPSA) is 89.1 Å². The van der Waals surface area contributed by atoms with Crippen LogP contribution in [0.15, 0.2) is 27.8 Å². The van der Waals surface area contributed by atoms with Crippen LogP contribution in [0.4, 0.5) is 5.69 Å². The summed E-state index contributed by atoms with van der Waals surface area (Å²) in [6.07, 6.45) is 0. The van der Waals surface area contributed by atoms with Crippen molar-refractivity contribution < 1.29 is 0 Å². The second-order valence-corrected chi connectivity index (χ2v) is 7.31. The van der Waals surface area contributed by atoms with Crippen molar-refractivity contribution in [2.24, 2.45) is 7.05 Å². The number of aryl methyl sites for hydroxylation is 2. The number of aromatic nitrogens is 5. The van der Waals surface area contributed by atoms with Gasteiger partial charge in [0.1, 0.15) is 0 Å². The molecule has 146 valence electrons. The van der Waals surface area contributed by atoms with Crippen LogP contribution in [-0.4, -0.2) is 30.0 Å². The van der Waals surface area contributed by atoms with Crippen LogP contribution < -0.4 is 16.6 Å². The number of aromatic amines is 1. The molecule has 0 saturated heterocycles. The highest BCUT2D eigenvalue weighted by molar-refractivity contribution is 6.31. The van der Waals surface area contributed by atoms with E-state index in [-0.39, 0.29) is 0 Å². The van der Waals surface area contributed by atoms with E-state index in [9.17, 15) is 9.59 Å². The average molecular weight is 401 g/mol. The van der Waals surface area contributed by atoms with E-state index in [2.05, 4.69) is 15.3 Å². The minimum atomic E-state index is -0.475. The molecule has 28 heavy (non-hydrogen) atoms. The molecule has 0 unspecified atom stereocenters. The van der Waals surface area contributed by atoms with Crippen molar-refractivity contribution in [2.75, 3.05) is 11.9 Å². The first-order chi connectivity index (χ1) is 13.3. The Morgan fingerprint density at radius 3 is 2.68 bits per heavy atom. The molecule has 0 spiro atoms. The predicted octanol–water partition coefficient (Wildman–Crippen LogP) is 2.37. The lowest BCUT2D eigenvalue weighted by Gasteiger charge is -2.12. The SMILES string of the molecule is Cc1c(Cl)cccc1NCCn1c(C)c(C)n2c3c(=O)[nH]c(=O)n(C)c3nc12. The van der Waals surface area contributed by atoms with Gasteiger partial charge in [-0.15, -0.1) is 0 Å². The van der Waals surface area contributed by atoms with E-state index in [0.717, 1.165) is 27.7 Å². The summed E-state index contributed by atoms with van der Waals surface area (Å²) < 4.78 is 5.22. The van der Waals surface area contributed by atoms with Crippen LogP contribution in [0.2, 0.25) is 5.02 Å². The molecule has 0 saturated carbocycles. The molecule has 0 aliphatic rings. The highest BCUT2D eigenvalue weighted by atomic mass is 35.5. The summed E-state index contributed by atoms with van der Waals surface area (Å²) in [5, 5.41) is 4.13. The van der Waals surface area contributed by atoms with Crippen molar-refractivity contribution >= 4 is 34.2 Å². The summed E-state index contributed by atoms with van der Waals surface area (Å²) >= 11 is 6.19. The van der Waals surface area contributed by atoms with Gasteiger partial charge in [-0.25, -0.2) is 4.79 Å².